The van der Waals surface area contributed by atoms with E-state index in [9.17, 15) is 14.4 Å². The first kappa shape index (κ1) is 54.1. The maximum atomic E-state index is 12.7. The number of ether oxygens (including phenoxy) is 3. The summed E-state index contributed by atoms with van der Waals surface area (Å²) in [5.41, 5.74) is 0. The topological polar surface area (TPSA) is 78.9 Å². The molecule has 0 amide bonds. The Morgan fingerprint density at radius 1 is 0.368 bits per heavy atom. The summed E-state index contributed by atoms with van der Waals surface area (Å²) >= 11 is 0. The molecule has 0 aromatic heterocycles. The molecule has 0 bridgehead atoms. The maximum absolute atomic E-state index is 12.7. The zero-order valence-electron chi connectivity index (χ0n) is 37.3. The monoisotopic (exact) mass is 797 g/mol. The molecule has 0 aromatic carbocycles. The fourth-order valence-electron chi connectivity index (χ4n) is 6.49. The molecule has 0 heterocycles. The average molecular weight is 797 g/mol. The molecule has 0 aliphatic heterocycles. The van der Waals surface area contributed by atoms with Crippen LogP contribution in [0.4, 0.5) is 0 Å². The molecule has 0 aliphatic rings. The van der Waals surface area contributed by atoms with Crippen molar-refractivity contribution in [2.45, 2.75) is 232 Å². The maximum Gasteiger partial charge on any atom is 0.306 e. The van der Waals surface area contributed by atoms with Gasteiger partial charge >= 0.3 is 17.9 Å². The zero-order valence-corrected chi connectivity index (χ0v) is 37.3. The predicted octanol–water partition coefficient (Wildman–Crippen LogP) is 15.3. The summed E-state index contributed by atoms with van der Waals surface area (Å²) in [7, 11) is 0. The van der Waals surface area contributed by atoms with Crippen molar-refractivity contribution >= 4 is 17.9 Å². The van der Waals surface area contributed by atoms with Crippen molar-refractivity contribution in [3.63, 3.8) is 0 Å². The van der Waals surface area contributed by atoms with E-state index >= 15 is 0 Å². The fourth-order valence-corrected chi connectivity index (χ4v) is 6.49. The fraction of sp³-hybridized carbons (Fsp3) is 0.745. The minimum atomic E-state index is -0.788. The first-order chi connectivity index (χ1) is 28.0. The van der Waals surface area contributed by atoms with E-state index in [1.54, 1.807) is 0 Å². The number of esters is 3. The van der Waals surface area contributed by atoms with Gasteiger partial charge in [0.15, 0.2) is 6.10 Å². The second kappa shape index (κ2) is 45.8. The smallest absolute Gasteiger partial charge is 0.306 e. The number of allylic oxidation sites excluding steroid dienone is 10. The number of hydrogen-bond donors (Lipinski definition) is 0. The highest BCUT2D eigenvalue weighted by atomic mass is 16.6. The third-order valence-electron chi connectivity index (χ3n) is 10.0. The van der Waals surface area contributed by atoms with Crippen molar-refractivity contribution in [2.75, 3.05) is 13.2 Å². The summed E-state index contributed by atoms with van der Waals surface area (Å²) < 4.78 is 16.7. The summed E-state index contributed by atoms with van der Waals surface area (Å²) in [6.45, 7) is 6.37. The Morgan fingerprint density at radius 2 is 0.684 bits per heavy atom. The van der Waals surface area contributed by atoms with Crippen LogP contribution >= 0.6 is 0 Å². The minimum Gasteiger partial charge on any atom is -0.462 e. The lowest BCUT2D eigenvalue weighted by Gasteiger charge is -2.18. The van der Waals surface area contributed by atoms with Gasteiger partial charge in [0, 0.05) is 19.3 Å². The van der Waals surface area contributed by atoms with Gasteiger partial charge in [-0.15, -0.1) is 0 Å². The standard InChI is InChI=1S/C51H88O6/c1-4-7-10-13-16-19-22-25-27-29-32-35-38-41-44-50(53)56-47-48(46-55-49(52)43-40-37-34-31-28-24-21-18-15-12-9-6-3)57-51(54)45-42-39-36-33-30-26-23-20-17-14-11-8-5-2/h7,9-10,12,16,18-19,21,28,31,48H,4-6,8,11,13-15,17,20,22-27,29-30,32-47H2,1-3H3/b10-7-,12-9-,19-16-,21-18-,31-28-. The van der Waals surface area contributed by atoms with E-state index in [-0.39, 0.29) is 31.1 Å². The quantitative estimate of drug-likeness (QED) is 0.0265. The highest BCUT2D eigenvalue weighted by Gasteiger charge is 2.19. The number of carbonyl (C=O) groups excluding carboxylic acids is 3. The van der Waals surface area contributed by atoms with E-state index < -0.39 is 6.10 Å². The Hall–Kier alpha value is -2.89. The van der Waals surface area contributed by atoms with Crippen LogP contribution in [0, 0.1) is 0 Å². The lowest BCUT2D eigenvalue weighted by Crippen LogP contribution is -2.30. The molecule has 0 saturated heterocycles. The van der Waals surface area contributed by atoms with Crippen LogP contribution in [0.1, 0.15) is 226 Å². The van der Waals surface area contributed by atoms with Gasteiger partial charge in [0.1, 0.15) is 13.2 Å². The summed E-state index contributed by atoms with van der Waals surface area (Å²) in [4.78, 5) is 37.8. The van der Waals surface area contributed by atoms with Gasteiger partial charge in [0.05, 0.1) is 0 Å². The van der Waals surface area contributed by atoms with Crippen molar-refractivity contribution in [1.29, 1.82) is 0 Å². The van der Waals surface area contributed by atoms with Gasteiger partial charge in [0.2, 0.25) is 0 Å². The Bertz CT molecular complexity index is 1050. The number of unbranched alkanes of at least 4 members (excludes halogenated alkanes) is 21. The van der Waals surface area contributed by atoms with Crippen molar-refractivity contribution in [1.82, 2.24) is 0 Å². The van der Waals surface area contributed by atoms with E-state index in [2.05, 4.69) is 81.5 Å². The van der Waals surface area contributed by atoms with Gasteiger partial charge in [0.25, 0.3) is 0 Å². The molecule has 0 saturated carbocycles. The van der Waals surface area contributed by atoms with E-state index in [0.717, 1.165) is 96.3 Å². The average Bonchev–Trinajstić information content (AvgIpc) is 3.21. The molecule has 0 aromatic rings. The van der Waals surface area contributed by atoms with E-state index in [1.165, 1.54) is 89.9 Å². The van der Waals surface area contributed by atoms with E-state index in [0.29, 0.717) is 19.3 Å². The molecule has 6 nitrogen and oxygen atoms in total. The SMILES string of the molecule is CC/C=C\C/C=C\C/C=C\CCCCC(=O)OCC(COC(=O)CCCCCCCCC/C=C\C/C=C\CC)OC(=O)CCCCCCCCCCCCCCC. The lowest BCUT2D eigenvalue weighted by atomic mass is 10.0. The Labute approximate surface area is 351 Å². The summed E-state index contributed by atoms with van der Waals surface area (Å²) in [5.74, 6) is -0.937. The normalized spacial score (nSPS) is 12.5. The molecule has 0 rings (SSSR count). The molecule has 328 valence electrons. The van der Waals surface area contributed by atoms with Crippen LogP contribution in [0.15, 0.2) is 60.8 Å². The molecular weight excluding hydrogens is 709 g/mol. The molecule has 0 aliphatic carbocycles. The molecule has 1 unspecified atom stereocenters. The molecule has 1 atom stereocenters. The highest BCUT2D eigenvalue weighted by Crippen LogP contribution is 2.15. The van der Waals surface area contributed by atoms with Crippen LogP contribution in [0.3, 0.4) is 0 Å². The molecule has 0 radical (unpaired) electrons. The van der Waals surface area contributed by atoms with E-state index in [1.807, 2.05) is 0 Å². The van der Waals surface area contributed by atoms with Gasteiger partial charge in [-0.1, -0.05) is 191 Å². The van der Waals surface area contributed by atoms with Gasteiger partial charge in [-0.05, 0) is 77.0 Å². The number of rotatable bonds is 42. The molecule has 0 N–H and O–H groups in total. The van der Waals surface area contributed by atoms with Crippen molar-refractivity contribution in [2.24, 2.45) is 0 Å². The van der Waals surface area contributed by atoms with Crippen LogP contribution in [-0.2, 0) is 28.6 Å². The lowest BCUT2D eigenvalue weighted by molar-refractivity contribution is -0.167. The minimum absolute atomic E-state index is 0.0894. The number of carbonyl (C=O) groups is 3. The molecule has 0 spiro atoms. The highest BCUT2D eigenvalue weighted by molar-refractivity contribution is 5.71. The molecule has 57 heavy (non-hydrogen) atoms. The van der Waals surface area contributed by atoms with Crippen LogP contribution in [-0.4, -0.2) is 37.2 Å². The second-order valence-electron chi connectivity index (χ2n) is 15.6. The van der Waals surface area contributed by atoms with Crippen LogP contribution in [0.25, 0.3) is 0 Å². The third kappa shape index (κ3) is 44.1. The van der Waals surface area contributed by atoms with Gasteiger partial charge in [-0.2, -0.15) is 0 Å². The van der Waals surface area contributed by atoms with Crippen molar-refractivity contribution in [3.05, 3.63) is 60.8 Å². The molecule has 0 fully saturated rings. The van der Waals surface area contributed by atoms with Crippen LogP contribution in [0.5, 0.6) is 0 Å². The van der Waals surface area contributed by atoms with Crippen molar-refractivity contribution < 1.29 is 28.6 Å². The first-order valence-electron chi connectivity index (χ1n) is 23.8. The predicted molar refractivity (Wildman–Crippen MR) is 242 cm³/mol. The first-order valence-corrected chi connectivity index (χ1v) is 23.8. The van der Waals surface area contributed by atoms with Gasteiger partial charge in [-0.3, -0.25) is 14.4 Å². The largest absolute Gasteiger partial charge is 0.462 e. The number of hydrogen-bond acceptors (Lipinski definition) is 6. The van der Waals surface area contributed by atoms with E-state index in [4.69, 9.17) is 14.2 Å². The van der Waals surface area contributed by atoms with Gasteiger partial charge < -0.3 is 14.2 Å². The summed E-state index contributed by atoms with van der Waals surface area (Å²) in [6, 6.07) is 0. The Balaban J connectivity index is 4.42. The van der Waals surface area contributed by atoms with Gasteiger partial charge in [-0.25, -0.2) is 0 Å². The van der Waals surface area contributed by atoms with Crippen LogP contribution < -0.4 is 0 Å². The second-order valence-corrected chi connectivity index (χ2v) is 15.6. The van der Waals surface area contributed by atoms with Crippen LogP contribution in [0.2, 0.25) is 0 Å². The van der Waals surface area contributed by atoms with Crippen molar-refractivity contribution in [3.8, 4) is 0 Å². The molecular formula is C51H88O6. The summed E-state index contributed by atoms with van der Waals surface area (Å²) in [5, 5.41) is 0. The summed E-state index contributed by atoms with van der Waals surface area (Å²) in [6.07, 6.45) is 54.9. The Kier molecular flexibility index (Phi) is 43.5. The Morgan fingerprint density at radius 3 is 1.11 bits per heavy atom. The third-order valence-corrected chi connectivity index (χ3v) is 10.0. The molecule has 6 heteroatoms. The zero-order chi connectivity index (χ0) is 41.5.